The van der Waals surface area contributed by atoms with Crippen molar-refractivity contribution >= 4 is 22.6 Å². The van der Waals surface area contributed by atoms with E-state index in [1.807, 2.05) is 72.4 Å². The first-order valence-corrected chi connectivity index (χ1v) is 10.7. The van der Waals surface area contributed by atoms with Crippen LogP contribution in [0, 0.1) is 6.92 Å². The molecule has 0 saturated heterocycles. The summed E-state index contributed by atoms with van der Waals surface area (Å²) in [5.74, 6) is 0.329. The van der Waals surface area contributed by atoms with Crippen molar-refractivity contribution in [1.82, 2.24) is 24.4 Å². The van der Waals surface area contributed by atoms with Crippen molar-refractivity contribution in [2.45, 2.75) is 13.5 Å². The van der Waals surface area contributed by atoms with Gasteiger partial charge in [-0.2, -0.15) is 0 Å². The molecule has 0 atom stereocenters. The first-order valence-electron chi connectivity index (χ1n) is 10.7. The number of benzene rings is 2. The number of amides is 1. The lowest BCUT2D eigenvalue weighted by atomic mass is 9.98. The smallest absolute Gasteiger partial charge is 0.270 e. The quantitative estimate of drug-likeness (QED) is 0.419. The fraction of sp³-hybridized carbons (Fsp3) is 0.154. The van der Waals surface area contributed by atoms with Crippen LogP contribution in [0.15, 0.2) is 67.0 Å². The normalized spacial score (nSPS) is 11.2. The minimum absolute atomic E-state index is 0.183. The van der Waals surface area contributed by atoms with Gasteiger partial charge in [-0.05, 0) is 30.7 Å². The maximum atomic E-state index is 13.6. The molecule has 7 heteroatoms. The molecule has 0 unspecified atom stereocenters. The molecular weight excluding hydrogens is 414 g/mol. The molecule has 164 valence electrons. The summed E-state index contributed by atoms with van der Waals surface area (Å²) in [6.07, 6.45) is 3.91. The number of aryl methyl sites for hydroxylation is 1. The summed E-state index contributed by atoms with van der Waals surface area (Å²) in [5.41, 5.74) is 4.69. The molecule has 1 amide bonds. The topological polar surface area (TPSA) is 83.9 Å². The van der Waals surface area contributed by atoms with Gasteiger partial charge in [0.05, 0.1) is 11.3 Å². The summed E-state index contributed by atoms with van der Waals surface area (Å²) >= 11 is 0. The Morgan fingerprint density at radius 3 is 2.61 bits per heavy atom. The van der Waals surface area contributed by atoms with Crippen LogP contribution in [0.3, 0.4) is 0 Å². The minimum atomic E-state index is -0.235. The largest absolute Gasteiger partial charge is 0.350 e. The van der Waals surface area contributed by atoms with Crippen molar-refractivity contribution in [3.8, 4) is 11.4 Å². The van der Waals surface area contributed by atoms with Crippen LogP contribution in [0.1, 0.15) is 37.8 Å². The van der Waals surface area contributed by atoms with E-state index in [4.69, 9.17) is 0 Å². The number of carbonyl (C=O) groups excluding carboxylic acids is 2. The lowest BCUT2D eigenvalue weighted by Crippen LogP contribution is -2.24. The summed E-state index contributed by atoms with van der Waals surface area (Å²) in [7, 11) is 3.35. The summed E-state index contributed by atoms with van der Waals surface area (Å²) < 4.78 is 2.02. The standard InChI is InChI=1S/C26H23N5O2/c1-16-27-21-11-12-31(15-22(21)28-16)14-17-7-6-8-18(13-17)25(32)23-19-9-4-5-10-20(19)29-24(23)26(33)30(2)3/h4-13,15,29H,14H2,1-3H3. The third kappa shape index (κ3) is 3.78. The zero-order valence-corrected chi connectivity index (χ0v) is 18.7. The van der Waals surface area contributed by atoms with E-state index in [0.717, 1.165) is 33.7 Å². The van der Waals surface area contributed by atoms with Gasteiger partial charge < -0.3 is 14.5 Å². The second-order valence-electron chi connectivity index (χ2n) is 8.31. The number of hydrogen-bond donors (Lipinski definition) is 1. The molecule has 0 spiro atoms. The maximum Gasteiger partial charge on any atom is 0.270 e. The first-order chi connectivity index (χ1) is 15.9. The van der Waals surface area contributed by atoms with Crippen LogP contribution in [0.25, 0.3) is 22.3 Å². The molecule has 3 aromatic rings. The molecule has 0 bridgehead atoms. The molecule has 1 aromatic heterocycles. The van der Waals surface area contributed by atoms with E-state index in [0.29, 0.717) is 23.4 Å². The Balaban J connectivity index is 1.52. The second-order valence-corrected chi connectivity index (χ2v) is 8.31. The number of fused-ring (bicyclic) bond motifs is 2. The van der Waals surface area contributed by atoms with Crippen LogP contribution in [-0.4, -0.2) is 50.2 Å². The number of aromatic amines is 1. The van der Waals surface area contributed by atoms with Gasteiger partial charge in [0, 0.05) is 49.5 Å². The van der Waals surface area contributed by atoms with E-state index >= 15 is 0 Å². The van der Waals surface area contributed by atoms with Crippen LogP contribution in [0.2, 0.25) is 0 Å². The highest BCUT2D eigenvalue weighted by molar-refractivity contribution is 6.22. The van der Waals surface area contributed by atoms with Gasteiger partial charge in [-0.1, -0.05) is 36.4 Å². The monoisotopic (exact) mass is 437 g/mol. The Bertz CT molecular complexity index is 1480. The molecule has 0 radical (unpaired) electrons. The average Bonchev–Trinajstić information content (AvgIpc) is 3.37. The van der Waals surface area contributed by atoms with E-state index in [1.165, 1.54) is 4.90 Å². The summed E-state index contributed by atoms with van der Waals surface area (Å²) in [5, 5.41) is 0.739. The summed E-state index contributed by atoms with van der Waals surface area (Å²) in [6, 6.07) is 16.9. The Morgan fingerprint density at radius 1 is 1.00 bits per heavy atom. The lowest BCUT2D eigenvalue weighted by Gasteiger charge is -2.12. The third-order valence-electron chi connectivity index (χ3n) is 5.65. The van der Waals surface area contributed by atoms with Gasteiger partial charge in [-0.25, -0.2) is 9.97 Å². The molecule has 2 aromatic carbocycles. The van der Waals surface area contributed by atoms with Crippen LogP contribution >= 0.6 is 0 Å². The number of para-hydroxylation sites is 1. The number of carbonyl (C=O) groups is 2. The zero-order valence-electron chi connectivity index (χ0n) is 18.7. The van der Waals surface area contributed by atoms with E-state index in [9.17, 15) is 9.59 Å². The van der Waals surface area contributed by atoms with Crippen molar-refractivity contribution in [3.05, 3.63) is 95.2 Å². The first kappa shape index (κ1) is 20.6. The summed E-state index contributed by atoms with van der Waals surface area (Å²) in [6.45, 7) is 2.46. The number of nitrogens with one attached hydrogen (secondary N) is 1. The molecule has 5 rings (SSSR count). The second kappa shape index (κ2) is 8.02. The molecule has 33 heavy (non-hydrogen) atoms. The molecule has 3 heterocycles. The Hall–Kier alpha value is -4.26. The fourth-order valence-electron chi connectivity index (χ4n) is 4.10. The van der Waals surface area contributed by atoms with Gasteiger partial charge in [-0.3, -0.25) is 9.59 Å². The van der Waals surface area contributed by atoms with Crippen LogP contribution < -0.4 is 0 Å². The van der Waals surface area contributed by atoms with Gasteiger partial charge in [-0.15, -0.1) is 0 Å². The number of ketones is 1. The van der Waals surface area contributed by atoms with E-state index in [2.05, 4.69) is 15.0 Å². The number of aromatic nitrogens is 4. The SMILES string of the molecule is Cc1nc2ccn(Cc3cccc(C(=O)c4c(C(=O)N(C)C)[nH]c5ccccc45)c3)cc-2n1. The molecule has 2 aliphatic heterocycles. The number of imidazole rings is 1. The van der Waals surface area contributed by atoms with Crippen LogP contribution in [-0.2, 0) is 6.54 Å². The van der Waals surface area contributed by atoms with Crippen LogP contribution in [0.4, 0.5) is 0 Å². The van der Waals surface area contributed by atoms with E-state index < -0.39 is 0 Å². The number of hydrogen-bond acceptors (Lipinski definition) is 4. The van der Waals surface area contributed by atoms with Crippen molar-refractivity contribution in [1.29, 1.82) is 0 Å². The molecule has 7 nitrogen and oxygen atoms in total. The predicted molar refractivity (Wildman–Crippen MR) is 127 cm³/mol. The zero-order chi connectivity index (χ0) is 23.1. The fourth-order valence-corrected chi connectivity index (χ4v) is 4.10. The summed E-state index contributed by atoms with van der Waals surface area (Å²) in [4.78, 5) is 39.9. The van der Waals surface area contributed by atoms with Crippen molar-refractivity contribution in [2.75, 3.05) is 14.1 Å². The van der Waals surface area contributed by atoms with Crippen LogP contribution in [0.5, 0.6) is 0 Å². The molecular formula is C26H23N5O2. The number of nitrogens with zero attached hydrogens (tertiary/aromatic N) is 4. The Kier molecular flexibility index (Phi) is 5.01. The molecule has 2 aliphatic rings. The highest BCUT2D eigenvalue weighted by atomic mass is 16.2. The molecule has 0 fully saturated rings. The highest BCUT2D eigenvalue weighted by Crippen LogP contribution is 2.26. The third-order valence-corrected chi connectivity index (χ3v) is 5.65. The van der Waals surface area contributed by atoms with Gasteiger partial charge in [0.25, 0.3) is 5.91 Å². The van der Waals surface area contributed by atoms with E-state index in [1.54, 1.807) is 20.2 Å². The van der Waals surface area contributed by atoms with Crippen molar-refractivity contribution < 1.29 is 9.59 Å². The molecule has 0 saturated carbocycles. The molecule has 1 N–H and O–H groups in total. The Labute approximate surface area is 191 Å². The van der Waals surface area contributed by atoms with Gasteiger partial charge in [0.1, 0.15) is 17.2 Å². The van der Waals surface area contributed by atoms with Gasteiger partial charge in [0.2, 0.25) is 0 Å². The van der Waals surface area contributed by atoms with Gasteiger partial charge in [0.15, 0.2) is 5.78 Å². The lowest BCUT2D eigenvalue weighted by molar-refractivity contribution is 0.0817. The highest BCUT2D eigenvalue weighted by Gasteiger charge is 2.25. The Morgan fingerprint density at radius 2 is 1.79 bits per heavy atom. The van der Waals surface area contributed by atoms with Gasteiger partial charge >= 0.3 is 0 Å². The average molecular weight is 438 g/mol. The number of H-pyrrole nitrogens is 1. The minimum Gasteiger partial charge on any atom is -0.350 e. The van der Waals surface area contributed by atoms with E-state index in [-0.39, 0.29) is 11.7 Å². The molecule has 0 aliphatic carbocycles. The number of pyridine rings is 1. The predicted octanol–water partition coefficient (Wildman–Crippen LogP) is 4.15. The number of rotatable bonds is 5. The van der Waals surface area contributed by atoms with Crippen molar-refractivity contribution in [3.63, 3.8) is 0 Å². The maximum absolute atomic E-state index is 13.6. The van der Waals surface area contributed by atoms with Crippen molar-refractivity contribution in [2.24, 2.45) is 0 Å².